The molecule has 2 aromatic heterocycles. The molecule has 1 saturated heterocycles. The Morgan fingerprint density at radius 3 is 2.95 bits per heavy atom. The zero-order valence-corrected chi connectivity index (χ0v) is 11.3. The summed E-state index contributed by atoms with van der Waals surface area (Å²) in [5.41, 5.74) is 1.27. The van der Waals surface area contributed by atoms with Crippen molar-refractivity contribution in [2.45, 2.75) is 6.92 Å². The summed E-state index contributed by atoms with van der Waals surface area (Å²) in [4.78, 5) is 22.3. The molecule has 0 saturated carbocycles. The van der Waals surface area contributed by atoms with Crippen LogP contribution >= 0.6 is 0 Å². The molecule has 0 aliphatic carbocycles. The number of hydrogen-bond acceptors (Lipinski definition) is 6. The van der Waals surface area contributed by atoms with Crippen LogP contribution in [-0.4, -0.2) is 53.2 Å². The maximum Gasteiger partial charge on any atom is 0.358 e. The van der Waals surface area contributed by atoms with E-state index in [1.807, 2.05) is 6.20 Å². The molecule has 3 heterocycles. The summed E-state index contributed by atoms with van der Waals surface area (Å²) in [7, 11) is 0. The van der Waals surface area contributed by atoms with Crippen LogP contribution in [-0.2, 0) is 9.47 Å². The van der Waals surface area contributed by atoms with Crippen LogP contribution in [0.1, 0.15) is 17.4 Å². The summed E-state index contributed by atoms with van der Waals surface area (Å²) in [6, 6.07) is 0. The molecule has 0 amide bonds. The van der Waals surface area contributed by atoms with Gasteiger partial charge in [0.1, 0.15) is 0 Å². The van der Waals surface area contributed by atoms with Gasteiger partial charge in [0.15, 0.2) is 5.69 Å². The number of carbonyl (C=O) groups is 1. The number of esters is 1. The highest BCUT2D eigenvalue weighted by molar-refractivity contribution is 5.87. The van der Waals surface area contributed by atoms with Crippen molar-refractivity contribution in [1.29, 1.82) is 0 Å². The number of rotatable bonds is 3. The van der Waals surface area contributed by atoms with E-state index < -0.39 is 5.97 Å². The third-order valence-electron chi connectivity index (χ3n) is 3.16. The Morgan fingerprint density at radius 2 is 2.20 bits per heavy atom. The summed E-state index contributed by atoms with van der Waals surface area (Å²) in [5, 5.41) is 0. The minimum atomic E-state index is -0.425. The smallest absolute Gasteiger partial charge is 0.358 e. The van der Waals surface area contributed by atoms with Gasteiger partial charge in [0.25, 0.3) is 0 Å². The third kappa shape index (κ3) is 2.44. The zero-order valence-electron chi connectivity index (χ0n) is 11.3. The summed E-state index contributed by atoms with van der Waals surface area (Å²) in [6.07, 6.45) is 5.33. The van der Waals surface area contributed by atoms with Crippen molar-refractivity contribution in [2.24, 2.45) is 0 Å². The van der Waals surface area contributed by atoms with E-state index >= 15 is 0 Å². The fourth-order valence-electron chi connectivity index (χ4n) is 2.16. The lowest BCUT2D eigenvalue weighted by atomic mass is 10.4. The fourth-order valence-corrected chi connectivity index (χ4v) is 2.16. The van der Waals surface area contributed by atoms with E-state index in [1.165, 1.54) is 0 Å². The standard InChI is InChI=1S/C13H16N4O3/c1-2-20-12(18)11-9-17-8-10(7-14-13(17)15-11)16-3-5-19-6-4-16/h7-9H,2-6H2,1H3. The molecular formula is C13H16N4O3. The van der Waals surface area contributed by atoms with Crippen molar-refractivity contribution < 1.29 is 14.3 Å². The number of imidazole rings is 1. The van der Waals surface area contributed by atoms with E-state index in [1.54, 1.807) is 23.7 Å². The van der Waals surface area contributed by atoms with Crippen LogP contribution in [0.3, 0.4) is 0 Å². The molecule has 0 N–H and O–H groups in total. The van der Waals surface area contributed by atoms with Gasteiger partial charge in [-0.25, -0.2) is 14.8 Å². The van der Waals surface area contributed by atoms with E-state index in [9.17, 15) is 4.79 Å². The molecule has 0 unspecified atom stereocenters. The zero-order chi connectivity index (χ0) is 13.9. The van der Waals surface area contributed by atoms with Crippen LogP contribution < -0.4 is 4.90 Å². The van der Waals surface area contributed by atoms with E-state index in [0.717, 1.165) is 32.0 Å². The second-order valence-electron chi connectivity index (χ2n) is 4.47. The van der Waals surface area contributed by atoms with Crippen LogP contribution in [0.15, 0.2) is 18.6 Å². The Kier molecular flexibility index (Phi) is 3.51. The highest BCUT2D eigenvalue weighted by Gasteiger charge is 2.15. The number of ether oxygens (including phenoxy) is 2. The molecule has 106 valence electrons. The van der Waals surface area contributed by atoms with Gasteiger partial charge < -0.3 is 14.4 Å². The lowest BCUT2D eigenvalue weighted by Crippen LogP contribution is -2.36. The van der Waals surface area contributed by atoms with Crippen molar-refractivity contribution in [3.05, 3.63) is 24.3 Å². The maximum absolute atomic E-state index is 11.6. The number of anilines is 1. The Labute approximate surface area is 116 Å². The first-order valence-corrected chi connectivity index (χ1v) is 6.62. The quantitative estimate of drug-likeness (QED) is 0.770. The molecule has 0 radical (unpaired) electrons. The first-order valence-electron chi connectivity index (χ1n) is 6.62. The fraction of sp³-hybridized carbons (Fsp3) is 0.462. The molecule has 1 aliphatic rings. The van der Waals surface area contributed by atoms with Crippen LogP contribution in [0.2, 0.25) is 0 Å². The largest absolute Gasteiger partial charge is 0.461 e. The Morgan fingerprint density at radius 1 is 1.40 bits per heavy atom. The van der Waals surface area contributed by atoms with Gasteiger partial charge in [-0.05, 0) is 6.92 Å². The van der Waals surface area contributed by atoms with E-state index in [-0.39, 0.29) is 5.69 Å². The molecule has 0 spiro atoms. The van der Waals surface area contributed by atoms with Crippen molar-refractivity contribution in [3.8, 4) is 0 Å². The third-order valence-corrected chi connectivity index (χ3v) is 3.16. The molecule has 3 rings (SSSR count). The predicted octanol–water partition coefficient (Wildman–Crippen LogP) is 0.743. The normalized spacial score (nSPS) is 15.6. The average Bonchev–Trinajstić information content (AvgIpc) is 2.91. The number of nitrogens with zero attached hydrogens (tertiary/aromatic N) is 4. The Balaban J connectivity index is 1.88. The monoisotopic (exact) mass is 276 g/mol. The predicted molar refractivity (Wildman–Crippen MR) is 72.0 cm³/mol. The van der Waals surface area contributed by atoms with Crippen molar-refractivity contribution >= 4 is 17.4 Å². The topological polar surface area (TPSA) is 69.0 Å². The van der Waals surface area contributed by atoms with Gasteiger partial charge in [-0.1, -0.05) is 0 Å². The molecule has 2 aromatic rings. The van der Waals surface area contributed by atoms with Crippen molar-refractivity contribution in [1.82, 2.24) is 14.4 Å². The molecule has 0 bridgehead atoms. The van der Waals surface area contributed by atoms with Crippen LogP contribution in [0.4, 0.5) is 5.69 Å². The van der Waals surface area contributed by atoms with E-state index in [0.29, 0.717) is 12.4 Å². The first kappa shape index (κ1) is 12.9. The molecule has 1 aliphatic heterocycles. The summed E-state index contributed by atoms with van der Waals surface area (Å²) >= 11 is 0. The van der Waals surface area contributed by atoms with Gasteiger partial charge in [0, 0.05) is 25.5 Å². The number of aromatic nitrogens is 3. The van der Waals surface area contributed by atoms with Gasteiger partial charge in [-0.15, -0.1) is 0 Å². The SMILES string of the molecule is CCOC(=O)c1cn2cc(N3CCOCC3)cnc2n1. The van der Waals surface area contributed by atoms with Crippen molar-refractivity contribution in [2.75, 3.05) is 37.8 Å². The minimum absolute atomic E-state index is 0.276. The van der Waals surface area contributed by atoms with Crippen LogP contribution in [0.5, 0.6) is 0 Å². The van der Waals surface area contributed by atoms with Gasteiger partial charge >= 0.3 is 5.97 Å². The minimum Gasteiger partial charge on any atom is -0.461 e. The number of fused-ring (bicyclic) bond motifs is 1. The molecule has 0 aromatic carbocycles. The first-order chi connectivity index (χ1) is 9.78. The lowest BCUT2D eigenvalue weighted by molar-refractivity contribution is 0.0520. The summed E-state index contributed by atoms with van der Waals surface area (Å²) in [6.45, 7) is 5.22. The number of morpholine rings is 1. The Bertz CT molecular complexity index is 619. The van der Waals surface area contributed by atoms with Gasteiger partial charge in [-0.2, -0.15) is 0 Å². The number of hydrogen-bond donors (Lipinski definition) is 0. The number of carbonyl (C=O) groups excluding carboxylic acids is 1. The Hall–Kier alpha value is -2.15. The second kappa shape index (κ2) is 5.46. The van der Waals surface area contributed by atoms with Gasteiger partial charge in [0.05, 0.1) is 31.7 Å². The highest BCUT2D eigenvalue weighted by Crippen LogP contribution is 2.15. The second-order valence-corrected chi connectivity index (χ2v) is 4.47. The molecule has 20 heavy (non-hydrogen) atoms. The van der Waals surface area contributed by atoms with Crippen LogP contribution in [0, 0.1) is 0 Å². The molecule has 0 atom stereocenters. The maximum atomic E-state index is 11.6. The molecular weight excluding hydrogens is 260 g/mol. The van der Waals surface area contributed by atoms with Crippen molar-refractivity contribution in [3.63, 3.8) is 0 Å². The summed E-state index contributed by atoms with van der Waals surface area (Å²) in [5.74, 6) is 0.0657. The average molecular weight is 276 g/mol. The van der Waals surface area contributed by atoms with E-state index in [4.69, 9.17) is 9.47 Å². The molecule has 7 nitrogen and oxygen atoms in total. The molecule has 1 fully saturated rings. The highest BCUT2D eigenvalue weighted by atomic mass is 16.5. The lowest BCUT2D eigenvalue weighted by Gasteiger charge is -2.28. The van der Waals surface area contributed by atoms with E-state index in [2.05, 4.69) is 14.9 Å². The van der Waals surface area contributed by atoms with Gasteiger partial charge in [-0.3, -0.25) is 4.40 Å². The summed E-state index contributed by atoms with van der Waals surface area (Å²) < 4.78 is 12.0. The van der Waals surface area contributed by atoms with Gasteiger partial charge in [0.2, 0.25) is 5.78 Å². The van der Waals surface area contributed by atoms with Crippen LogP contribution in [0.25, 0.3) is 5.78 Å². The molecule has 7 heteroatoms.